The van der Waals surface area contributed by atoms with Gasteiger partial charge in [0.15, 0.2) is 0 Å². The number of nitrogens with zero attached hydrogens (tertiary/aromatic N) is 4. The van der Waals surface area contributed by atoms with Crippen molar-refractivity contribution >= 4 is 16.8 Å². The smallest absolute Gasteiger partial charge is 0.223 e. The van der Waals surface area contributed by atoms with E-state index in [1.807, 2.05) is 30.7 Å². The summed E-state index contributed by atoms with van der Waals surface area (Å²) >= 11 is 0. The van der Waals surface area contributed by atoms with E-state index in [0.29, 0.717) is 24.3 Å². The van der Waals surface area contributed by atoms with Gasteiger partial charge in [0.05, 0.1) is 5.52 Å². The first kappa shape index (κ1) is 16.5. The Morgan fingerprint density at radius 3 is 2.85 bits per heavy atom. The zero-order valence-corrected chi connectivity index (χ0v) is 15.4. The summed E-state index contributed by atoms with van der Waals surface area (Å²) < 4.78 is 2.20. The number of hydrogen-bond acceptors (Lipinski definition) is 3. The molecule has 0 radical (unpaired) electrons. The molecule has 1 amide bonds. The summed E-state index contributed by atoms with van der Waals surface area (Å²) in [6.45, 7) is 1.73. The first-order valence-corrected chi connectivity index (χ1v) is 9.94. The minimum Gasteiger partial charge on any atom is -0.339 e. The van der Waals surface area contributed by atoms with Gasteiger partial charge in [-0.2, -0.15) is 0 Å². The van der Waals surface area contributed by atoms with Crippen LogP contribution in [0.4, 0.5) is 0 Å². The molecule has 1 aromatic carbocycles. The molecule has 1 unspecified atom stereocenters. The molecular formula is C22H24N4O. The fourth-order valence-electron chi connectivity index (χ4n) is 4.71. The molecule has 27 heavy (non-hydrogen) atoms. The van der Waals surface area contributed by atoms with E-state index in [-0.39, 0.29) is 0 Å². The minimum atomic E-state index is 0.338. The highest BCUT2D eigenvalue weighted by molar-refractivity contribution is 5.83. The second kappa shape index (κ2) is 6.80. The summed E-state index contributed by atoms with van der Waals surface area (Å²) in [5.41, 5.74) is 2.09. The molecule has 2 fully saturated rings. The highest BCUT2D eigenvalue weighted by atomic mass is 16.2. The number of benzene rings is 1. The van der Waals surface area contributed by atoms with Gasteiger partial charge in [-0.15, -0.1) is 0 Å². The third kappa shape index (κ3) is 3.11. The van der Waals surface area contributed by atoms with Crippen LogP contribution in [-0.2, 0) is 11.3 Å². The number of likely N-dealkylation sites (tertiary alicyclic amines) is 1. The molecule has 2 aromatic heterocycles. The normalized spacial score (nSPS) is 20.8. The molecule has 0 N–H and O–H groups in total. The lowest BCUT2D eigenvalue weighted by atomic mass is 10.1. The first-order valence-electron chi connectivity index (χ1n) is 9.94. The Kier molecular flexibility index (Phi) is 4.15. The van der Waals surface area contributed by atoms with E-state index < -0.39 is 0 Å². The number of fused-ring (bicyclic) bond motifs is 1. The number of aromatic nitrogens is 3. The largest absolute Gasteiger partial charge is 0.339 e. The molecule has 0 bridgehead atoms. The Morgan fingerprint density at radius 2 is 1.96 bits per heavy atom. The zero-order valence-electron chi connectivity index (χ0n) is 15.4. The molecule has 1 aliphatic carbocycles. The third-order valence-corrected chi connectivity index (χ3v) is 6.04. The molecule has 1 saturated carbocycles. The van der Waals surface area contributed by atoms with E-state index in [0.717, 1.165) is 35.4 Å². The van der Waals surface area contributed by atoms with Crippen LogP contribution in [-0.4, -0.2) is 37.9 Å². The molecule has 1 atom stereocenters. The predicted octanol–water partition coefficient (Wildman–Crippen LogP) is 3.89. The van der Waals surface area contributed by atoms with Crippen molar-refractivity contribution in [3.63, 3.8) is 0 Å². The van der Waals surface area contributed by atoms with E-state index in [1.54, 1.807) is 0 Å². The summed E-state index contributed by atoms with van der Waals surface area (Å²) in [5.74, 6) is 1.67. The molecule has 0 spiro atoms. The van der Waals surface area contributed by atoms with Crippen LogP contribution < -0.4 is 0 Å². The number of carbonyl (C=O) groups excluding carboxylic acids is 1. The minimum absolute atomic E-state index is 0.338. The average molecular weight is 360 g/mol. The molecular weight excluding hydrogens is 336 g/mol. The van der Waals surface area contributed by atoms with Crippen molar-refractivity contribution in [2.24, 2.45) is 5.92 Å². The number of carbonyl (C=O) groups is 1. The lowest BCUT2D eigenvalue weighted by molar-refractivity contribution is -0.129. The fraction of sp³-hybridized carbons (Fsp3) is 0.409. The number of hydrogen-bond donors (Lipinski definition) is 0. The van der Waals surface area contributed by atoms with Crippen LogP contribution in [0.5, 0.6) is 0 Å². The highest BCUT2D eigenvalue weighted by Crippen LogP contribution is 2.31. The molecule has 2 aliphatic rings. The number of imidazole rings is 1. The maximum Gasteiger partial charge on any atom is 0.223 e. The molecule has 3 aromatic rings. The third-order valence-electron chi connectivity index (χ3n) is 6.04. The number of rotatable bonds is 4. The Hall–Kier alpha value is -2.69. The lowest BCUT2D eigenvalue weighted by Gasteiger charge is -2.24. The quantitative estimate of drug-likeness (QED) is 0.709. The van der Waals surface area contributed by atoms with Crippen molar-refractivity contribution in [1.29, 1.82) is 0 Å². The summed E-state index contributed by atoms with van der Waals surface area (Å²) in [6, 6.07) is 10.8. The molecule has 1 aliphatic heterocycles. The van der Waals surface area contributed by atoms with Gasteiger partial charge in [-0.3, -0.25) is 9.78 Å². The van der Waals surface area contributed by atoms with Crippen molar-refractivity contribution in [3.05, 3.63) is 48.9 Å². The molecule has 138 valence electrons. The van der Waals surface area contributed by atoms with Gasteiger partial charge in [0.25, 0.3) is 0 Å². The summed E-state index contributed by atoms with van der Waals surface area (Å²) in [5, 5.41) is 1.12. The second-order valence-corrected chi connectivity index (χ2v) is 7.87. The fourth-order valence-corrected chi connectivity index (χ4v) is 4.71. The molecule has 3 heterocycles. The van der Waals surface area contributed by atoms with Crippen LogP contribution in [0.2, 0.25) is 0 Å². The maximum atomic E-state index is 12.5. The summed E-state index contributed by atoms with van der Waals surface area (Å²) in [4.78, 5) is 23.6. The Morgan fingerprint density at radius 1 is 1.07 bits per heavy atom. The number of amides is 1. The highest BCUT2D eigenvalue weighted by Gasteiger charge is 2.35. The average Bonchev–Trinajstić information content (AvgIpc) is 3.43. The zero-order chi connectivity index (χ0) is 18.2. The van der Waals surface area contributed by atoms with Gasteiger partial charge in [-0.1, -0.05) is 18.9 Å². The van der Waals surface area contributed by atoms with Gasteiger partial charge >= 0.3 is 0 Å². The van der Waals surface area contributed by atoms with Gasteiger partial charge in [-0.25, -0.2) is 4.98 Å². The van der Waals surface area contributed by atoms with E-state index in [4.69, 9.17) is 0 Å². The first-order chi connectivity index (χ1) is 13.3. The second-order valence-electron chi connectivity index (χ2n) is 7.87. The van der Waals surface area contributed by atoms with Gasteiger partial charge in [0.1, 0.15) is 5.82 Å². The van der Waals surface area contributed by atoms with E-state index in [9.17, 15) is 4.79 Å². The van der Waals surface area contributed by atoms with Crippen molar-refractivity contribution in [3.8, 4) is 11.4 Å². The van der Waals surface area contributed by atoms with Crippen molar-refractivity contribution < 1.29 is 4.79 Å². The van der Waals surface area contributed by atoms with E-state index in [2.05, 4.69) is 37.6 Å². The van der Waals surface area contributed by atoms with Gasteiger partial charge in [-0.05, 0) is 37.1 Å². The van der Waals surface area contributed by atoms with Crippen LogP contribution in [0.25, 0.3) is 22.3 Å². The summed E-state index contributed by atoms with van der Waals surface area (Å²) in [7, 11) is 0. The topological polar surface area (TPSA) is 51.0 Å². The van der Waals surface area contributed by atoms with Crippen molar-refractivity contribution in [2.75, 3.05) is 6.54 Å². The summed E-state index contributed by atoms with van der Waals surface area (Å²) in [6.07, 6.45) is 11.3. The number of pyridine rings is 1. The van der Waals surface area contributed by atoms with Crippen LogP contribution in [0.1, 0.15) is 32.1 Å². The van der Waals surface area contributed by atoms with Gasteiger partial charge < -0.3 is 9.47 Å². The molecule has 5 nitrogen and oxygen atoms in total. The van der Waals surface area contributed by atoms with Gasteiger partial charge in [0.2, 0.25) is 5.91 Å². The van der Waals surface area contributed by atoms with Crippen molar-refractivity contribution in [1.82, 2.24) is 19.4 Å². The van der Waals surface area contributed by atoms with Crippen LogP contribution in [0, 0.1) is 5.92 Å². The maximum absolute atomic E-state index is 12.5. The Balaban J connectivity index is 1.36. The van der Waals surface area contributed by atoms with Gasteiger partial charge in [0, 0.05) is 61.0 Å². The monoisotopic (exact) mass is 360 g/mol. The molecule has 5 heteroatoms. The Bertz CT molecular complexity index is 973. The lowest BCUT2D eigenvalue weighted by Crippen LogP contribution is -2.34. The molecule has 5 rings (SSSR count). The Labute approximate surface area is 159 Å². The van der Waals surface area contributed by atoms with Crippen LogP contribution in [0.15, 0.2) is 48.9 Å². The predicted molar refractivity (Wildman–Crippen MR) is 105 cm³/mol. The SMILES string of the molecule is O=C1CC(Cn2ccnc2-c2ccc3ncccc3c2)CN1C1CCCC1. The van der Waals surface area contributed by atoms with E-state index in [1.165, 1.54) is 25.7 Å². The van der Waals surface area contributed by atoms with Crippen LogP contribution >= 0.6 is 0 Å². The van der Waals surface area contributed by atoms with Crippen molar-refractivity contribution in [2.45, 2.75) is 44.7 Å². The van der Waals surface area contributed by atoms with Crippen LogP contribution in [0.3, 0.4) is 0 Å². The molecule has 1 saturated heterocycles. The van der Waals surface area contributed by atoms with E-state index >= 15 is 0 Å². The standard InChI is InChI=1S/C22H24N4O/c27-21-12-16(15-26(21)19-5-1-2-6-19)14-25-11-10-24-22(25)18-7-8-20-17(13-18)4-3-9-23-20/h3-4,7-11,13,16,19H,1-2,5-6,12,14-15H2.